The highest BCUT2D eigenvalue weighted by atomic mass is 35.5. The molecule has 0 heterocycles. The lowest BCUT2D eigenvalue weighted by atomic mass is 9.84. The predicted molar refractivity (Wildman–Crippen MR) is 81.2 cm³/mol. The summed E-state index contributed by atoms with van der Waals surface area (Å²) in [4.78, 5) is 0. The first-order chi connectivity index (χ1) is 9.52. The zero-order chi connectivity index (χ0) is 15.2. The molecule has 0 radical (unpaired) electrons. The monoisotopic (exact) mass is 302 g/mol. The molecule has 3 N–H and O–H groups in total. The molecule has 20 heavy (non-hydrogen) atoms. The zero-order valence-corrected chi connectivity index (χ0v) is 13.1. The Labute approximate surface area is 125 Å². The molecule has 0 aromatic heterocycles. The highest BCUT2D eigenvalue weighted by molar-refractivity contribution is 6.31. The molecular weight excluding hydrogens is 279 g/mol. The molecule has 0 aliphatic rings. The molecule has 0 saturated carbocycles. The molecule has 1 unspecified atom stereocenters. The molecule has 0 amide bonds. The molecule has 0 spiro atoms. The first-order valence-corrected chi connectivity index (χ1v) is 7.44. The molecule has 0 bridgehead atoms. The van der Waals surface area contributed by atoms with E-state index in [1.165, 1.54) is 12.1 Å². The van der Waals surface area contributed by atoms with E-state index in [0.717, 1.165) is 18.4 Å². The molecule has 0 aliphatic carbocycles. The number of nitrogens with two attached hydrogens (primary N) is 1. The number of rotatable bonds is 8. The molecule has 3 nitrogen and oxygen atoms in total. The van der Waals surface area contributed by atoms with Gasteiger partial charge in [0.2, 0.25) is 0 Å². The van der Waals surface area contributed by atoms with Gasteiger partial charge in [-0.3, -0.25) is 11.3 Å². The van der Waals surface area contributed by atoms with Gasteiger partial charge in [0.05, 0.1) is 11.6 Å². The summed E-state index contributed by atoms with van der Waals surface area (Å²) in [5.74, 6) is 5.39. The maximum absolute atomic E-state index is 13.1. The number of ether oxygens (including phenoxy) is 1. The van der Waals surface area contributed by atoms with Gasteiger partial charge in [0.1, 0.15) is 5.82 Å². The van der Waals surface area contributed by atoms with Crippen molar-refractivity contribution in [2.24, 2.45) is 5.84 Å². The highest BCUT2D eigenvalue weighted by Crippen LogP contribution is 2.29. The smallest absolute Gasteiger partial charge is 0.124 e. The summed E-state index contributed by atoms with van der Waals surface area (Å²) in [5.41, 5.74) is 3.36. The van der Waals surface area contributed by atoms with Crippen molar-refractivity contribution < 1.29 is 9.13 Å². The van der Waals surface area contributed by atoms with E-state index in [4.69, 9.17) is 22.2 Å². The van der Waals surface area contributed by atoms with Crippen molar-refractivity contribution in [3.63, 3.8) is 0 Å². The summed E-state index contributed by atoms with van der Waals surface area (Å²) in [7, 11) is 0. The van der Waals surface area contributed by atoms with Crippen molar-refractivity contribution in [2.75, 3.05) is 6.61 Å². The lowest BCUT2D eigenvalue weighted by Gasteiger charge is -2.39. The number of benzene rings is 1. The van der Waals surface area contributed by atoms with Crippen LogP contribution in [0.5, 0.6) is 0 Å². The van der Waals surface area contributed by atoms with Gasteiger partial charge in [-0.1, -0.05) is 31.5 Å². The average molecular weight is 303 g/mol. The van der Waals surface area contributed by atoms with E-state index in [1.807, 2.05) is 6.92 Å². The van der Waals surface area contributed by atoms with Gasteiger partial charge >= 0.3 is 0 Å². The van der Waals surface area contributed by atoms with Crippen LogP contribution in [0.2, 0.25) is 5.02 Å². The van der Waals surface area contributed by atoms with Crippen LogP contribution in [0.25, 0.3) is 0 Å². The van der Waals surface area contributed by atoms with Gasteiger partial charge in [-0.2, -0.15) is 0 Å². The van der Waals surface area contributed by atoms with E-state index in [9.17, 15) is 4.39 Å². The lowest BCUT2D eigenvalue weighted by Crippen LogP contribution is -2.55. The number of hydrogen-bond acceptors (Lipinski definition) is 3. The summed E-state index contributed by atoms with van der Waals surface area (Å²) in [6, 6.07) is 4.35. The summed E-state index contributed by atoms with van der Waals surface area (Å²) in [5, 5.41) is 0.419. The highest BCUT2D eigenvalue weighted by Gasteiger charge is 2.36. The molecule has 1 aromatic carbocycles. The summed E-state index contributed by atoms with van der Waals surface area (Å²) in [6.45, 7) is 6.75. The fraction of sp³-hybridized carbons (Fsp3) is 0.600. The Morgan fingerprint density at radius 1 is 1.35 bits per heavy atom. The number of hydrogen-bond donors (Lipinski definition) is 2. The second kappa shape index (κ2) is 7.93. The SMILES string of the molecule is CCOC(CC)(CC)C(Cc1ccc(F)cc1Cl)NN. The number of nitrogens with one attached hydrogen (secondary N) is 1. The fourth-order valence-corrected chi connectivity index (χ4v) is 2.88. The van der Waals surface area contributed by atoms with Gasteiger partial charge in [-0.25, -0.2) is 4.39 Å². The third-order valence-corrected chi connectivity index (χ3v) is 4.26. The van der Waals surface area contributed by atoms with Crippen molar-refractivity contribution in [3.05, 3.63) is 34.6 Å². The number of hydrazine groups is 1. The van der Waals surface area contributed by atoms with Crippen molar-refractivity contribution in [2.45, 2.75) is 51.7 Å². The Morgan fingerprint density at radius 3 is 2.45 bits per heavy atom. The third-order valence-electron chi connectivity index (χ3n) is 3.90. The van der Waals surface area contributed by atoms with E-state index in [-0.39, 0.29) is 17.5 Å². The Kier molecular flexibility index (Phi) is 6.89. The topological polar surface area (TPSA) is 47.3 Å². The number of halogens is 2. The van der Waals surface area contributed by atoms with Crippen LogP contribution in [0, 0.1) is 5.82 Å². The van der Waals surface area contributed by atoms with Crippen LogP contribution in [-0.2, 0) is 11.2 Å². The minimum Gasteiger partial charge on any atom is -0.374 e. The summed E-state index contributed by atoms with van der Waals surface area (Å²) < 4.78 is 19.1. The van der Waals surface area contributed by atoms with Crippen LogP contribution in [0.1, 0.15) is 39.2 Å². The Balaban J connectivity index is 2.99. The van der Waals surface area contributed by atoms with Crippen molar-refractivity contribution in [3.8, 4) is 0 Å². The summed E-state index contributed by atoms with van der Waals surface area (Å²) in [6.07, 6.45) is 2.27. The fourth-order valence-electron chi connectivity index (χ4n) is 2.64. The molecule has 0 fully saturated rings. The summed E-state index contributed by atoms with van der Waals surface area (Å²) >= 11 is 6.09. The van der Waals surface area contributed by atoms with E-state index < -0.39 is 0 Å². The van der Waals surface area contributed by atoms with Crippen molar-refractivity contribution in [1.82, 2.24) is 5.43 Å². The Morgan fingerprint density at radius 2 is 2.00 bits per heavy atom. The maximum atomic E-state index is 13.1. The van der Waals surface area contributed by atoms with Gasteiger partial charge in [0.15, 0.2) is 0 Å². The molecule has 1 atom stereocenters. The van der Waals surface area contributed by atoms with E-state index in [1.54, 1.807) is 6.07 Å². The molecule has 114 valence electrons. The van der Waals surface area contributed by atoms with E-state index >= 15 is 0 Å². The molecule has 0 aliphatic heterocycles. The van der Waals surface area contributed by atoms with Crippen LogP contribution in [0.15, 0.2) is 18.2 Å². The van der Waals surface area contributed by atoms with Gasteiger partial charge in [-0.15, -0.1) is 0 Å². The van der Waals surface area contributed by atoms with Crippen LogP contribution in [-0.4, -0.2) is 18.2 Å². The lowest BCUT2D eigenvalue weighted by molar-refractivity contribution is -0.0719. The zero-order valence-electron chi connectivity index (χ0n) is 12.4. The van der Waals surface area contributed by atoms with Crippen LogP contribution in [0.3, 0.4) is 0 Å². The first-order valence-electron chi connectivity index (χ1n) is 7.07. The van der Waals surface area contributed by atoms with Crippen molar-refractivity contribution >= 4 is 11.6 Å². The van der Waals surface area contributed by atoms with Gasteiger partial charge in [0.25, 0.3) is 0 Å². The van der Waals surface area contributed by atoms with Crippen LogP contribution >= 0.6 is 11.6 Å². The molecule has 1 aromatic rings. The van der Waals surface area contributed by atoms with E-state index in [2.05, 4.69) is 19.3 Å². The normalized spacial score (nSPS) is 13.5. The van der Waals surface area contributed by atoms with Gasteiger partial charge < -0.3 is 4.74 Å². The minimum absolute atomic E-state index is 0.0830. The van der Waals surface area contributed by atoms with Gasteiger partial charge in [0, 0.05) is 11.6 Å². The maximum Gasteiger partial charge on any atom is 0.124 e. The second-order valence-corrected chi connectivity index (χ2v) is 5.27. The minimum atomic E-state index is -0.346. The molecule has 1 rings (SSSR count). The standard InChI is InChI=1S/C15H24ClFN2O/c1-4-15(5-2,20-6-3)14(19-18)9-11-7-8-12(17)10-13(11)16/h7-8,10,14,19H,4-6,9,18H2,1-3H3. The molecule has 0 saturated heterocycles. The largest absolute Gasteiger partial charge is 0.374 e. The predicted octanol–water partition coefficient (Wildman–Crippen LogP) is 3.45. The molecular formula is C15H24ClFN2O. The molecule has 5 heteroatoms. The van der Waals surface area contributed by atoms with E-state index in [0.29, 0.717) is 18.1 Å². The van der Waals surface area contributed by atoms with Gasteiger partial charge in [-0.05, 0) is 43.9 Å². The first kappa shape index (κ1) is 17.4. The Bertz CT molecular complexity index is 424. The average Bonchev–Trinajstić information content (AvgIpc) is 2.44. The van der Waals surface area contributed by atoms with Crippen LogP contribution < -0.4 is 11.3 Å². The van der Waals surface area contributed by atoms with Crippen molar-refractivity contribution in [1.29, 1.82) is 0 Å². The Hall–Kier alpha value is -0.680. The third kappa shape index (κ3) is 3.92. The second-order valence-electron chi connectivity index (χ2n) is 4.86. The quantitative estimate of drug-likeness (QED) is 0.571. The van der Waals surface area contributed by atoms with Crippen LogP contribution in [0.4, 0.5) is 4.39 Å².